The van der Waals surface area contributed by atoms with Crippen LogP contribution in [0.3, 0.4) is 0 Å². The summed E-state index contributed by atoms with van der Waals surface area (Å²) >= 11 is 0. The Morgan fingerprint density at radius 1 is 1.33 bits per heavy atom. The molecule has 2 heterocycles. The smallest absolute Gasteiger partial charge is 0.218 e. The lowest BCUT2D eigenvalue weighted by molar-refractivity contribution is 0.304. The van der Waals surface area contributed by atoms with E-state index in [0.717, 1.165) is 44.8 Å². The Hall–Kier alpha value is -1.36. The van der Waals surface area contributed by atoms with Crippen LogP contribution in [0, 0.1) is 5.92 Å². The Bertz CT molecular complexity index is 407. The molecule has 0 aromatic carbocycles. The van der Waals surface area contributed by atoms with Gasteiger partial charge < -0.3 is 15.0 Å². The molecule has 1 saturated heterocycles. The molecule has 0 amide bonds. The fourth-order valence-corrected chi connectivity index (χ4v) is 2.75. The van der Waals surface area contributed by atoms with Crippen LogP contribution < -0.4 is 15.0 Å². The number of piperidine rings is 1. The summed E-state index contributed by atoms with van der Waals surface area (Å²) in [7, 11) is 0. The van der Waals surface area contributed by atoms with Crippen molar-refractivity contribution in [3.8, 4) is 5.88 Å². The lowest BCUT2D eigenvalue weighted by atomic mass is 9.99. The van der Waals surface area contributed by atoms with E-state index in [-0.39, 0.29) is 0 Å². The highest BCUT2D eigenvalue weighted by molar-refractivity contribution is 5.40. The molecule has 0 aliphatic carbocycles. The maximum Gasteiger partial charge on any atom is 0.218 e. The van der Waals surface area contributed by atoms with Crippen LogP contribution in [0.25, 0.3) is 0 Å². The van der Waals surface area contributed by atoms with Gasteiger partial charge in [0, 0.05) is 19.2 Å². The van der Waals surface area contributed by atoms with E-state index in [4.69, 9.17) is 4.74 Å². The lowest BCUT2D eigenvalue weighted by Crippen LogP contribution is -2.39. The minimum absolute atomic E-state index is 0.685. The predicted molar refractivity (Wildman–Crippen MR) is 85.9 cm³/mol. The van der Waals surface area contributed by atoms with Crippen molar-refractivity contribution >= 4 is 5.82 Å². The van der Waals surface area contributed by atoms with Crippen LogP contribution in [0.4, 0.5) is 5.82 Å². The SMILES string of the molecule is CCCOc1cc(N(CCC)CC2CCCNC2)ncn1. The zero-order valence-corrected chi connectivity index (χ0v) is 13.3. The molecule has 1 unspecified atom stereocenters. The Balaban J connectivity index is 2.01. The van der Waals surface area contributed by atoms with Crippen LogP contribution in [0.5, 0.6) is 5.88 Å². The summed E-state index contributed by atoms with van der Waals surface area (Å²) in [6, 6.07) is 1.97. The third-order valence-corrected chi connectivity index (χ3v) is 3.78. The molecule has 5 nitrogen and oxygen atoms in total. The van der Waals surface area contributed by atoms with E-state index in [2.05, 4.69) is 34.0 Å². The Kier molecular flexibility index (Phi) is 6.73. The van der Waals surface area contributed by atoms with Crippen LogP contribution in [0.2, 0.25) is 0 Å². The fraction of sp³-hybridized carbons (Fsp3) is 0.750. The Morgan fingerprint density at radius 3 is 2.95 bits per heavy atom. The molecule has 0 bridgehead atoms. The summed E-state index contributed by atoms with van der Waals surface area (Å²) in [6.07, 6.45) is 6.31. The van der Waals surface area contributed by atoms with Crippen molar-refractivity contribution < 1.29 is 4.74 Å². The van der Waals surface area contributed by atoms with Crippen molar-refractivity contribution in [3.05, 3.63) is 12.4 Å². The van der Waals surface area contributed by atoms with Gasteiger partial charge in [-0.3, -0.25) is 0 Å². The predicted octanol–water partition coefficient (Wildman–Crippen LogP) is 2.48. The molecular formula is C16H28N4O. The first-order chi connectivity index (χ1) is 10.3. The van der Waals surface area contributed by atoms with Crippen LogP contribution in [0.1, 0.15) is 39.5 Å². The van der Waals surface area contributed by atoms with Crippen molar-refractivity contribution in [1.82, 2.24) is 15.3 Å². The van der Waals surface area contributed by atoms with Gasteiger partial charge in [0.05, 0.1) is 6.61 Å². The number of hydrogen-bond donors (Lipinski definition) is 1. The number of anilines is 1. The minimum Gasteiger partial charge on any atom is -0.478 e. The molecule has 1 aromatic rings. The average Bonchev–Trinajstić information content (AvgIpc) is 2.54. The first-order valence-electron chi connectivity index (χ1n) is 8.24. The van der Waals surface area contributed by atoms with Gasteiger partial charge in [-0.2, -0.15) is 0 Å². The zero-order valence-electron chi connectivity index (χ0n) is 13.3. The van der Waals surface area contributed by atoms with E-state index in [0.29, 0.717) is 18.4 Å². The summed E-state index contributed by atoms with van der Waals surface area (Å²) in [5.74, 6) is 2.38. The summed E-state index contributed by atoms with van der Waals surface area (Å²) in [6.45, 7) is 9.38. The van der Waals surface area contributed by atoms with E-state index in [1.165, 1.54) is 12.8 Å². The first kappa shape index (κ1) is 16.0. The maximum atomic E-state index is 5.62. The minimum atomic E-state index is 0.685. The molecule has 21 heavy (non-hydrogen) atoms. The van der Waals surface area contributed by atoms with Crippen LogP contribution in [-0.4, -0.2) is 42.8 Å². The van der Waals surface area contributed by atoms with E-state index in [1.807, 2.05) is 6.07 Å². The summed E-state index contributed by atoms with van der Waals surface area (Å²) in [4.78, 5) is 11.0. The topological polar surface area (TPSA) is 50.3 Å². The molecule has 1 aliphatic rings. The van der Waals surface area contributed by atoms with E-state index in [9.17, 15) is 0 Å². The van der Waals surface area contributed by atoms with Gasteiger partial charge in [0.2, 0.25) is 5.88 Å². The number of aromatic nitrogens is 2. The highest BCUT2D eigenvalue weighted by Crippen LogP contribution is 2.20. The van der Waals surface area contributed by atoms with E-state index < -0.39 is 0 Å². The monoisotopic (exact) mass is 292 g/mol. The van der Waals surface area contributed by atoms with Gasteiger partial charge in [0.1, 0.15) is 12.1 Å². The van der Waals surface area contributed by atoms with Crippen molar-refractivity contribution in [1.29, 1.82) is 0 Å². The second-order valence-electron chi connectivity index (χ2n) is 5.72. The third kappa shape index (κ3) is 5.16. The zero-order chi connectivity index (χ0) is 14.9. The van der Waals surface area contributed by atoms with Crippen molar-refractivity contribution in [3.63, 3.8) is 0 Å². The quantitative estimate of drug-likeness (QED) is 0.797. The van der Waals surface area contributed by atoms with Gasteiger partial charge >= 0.3 is 0 Å². The van der Waals surface area contributed by atoms with Crippen LogP contribution in [0.15, 0.2) is 12.4 Å². The number of rotatable bonds is 8. The largest absolute Gasteiger partial charge is 0.478 e. The van der Waals surface area contributed by atoms with E-state index >= 15 is 0 Å². The average molecular weight is 292 g/mol. The second-order valence-corrected chi connectivity index (χ2v) is 5.72. The molecular weight excluding hydrogens is 264 g/mol. The number of hydrogen-bond acceptors (Lipinski definition) is 5. The molecule has 5 heteroatoms. The van der Waals surface area contributed by atoms with Gasteiger partial charge in [-0.15, -0.1) is 0 Å². The van der Waals surface area contributed by atoms with Gasteiger partial charge in [-0.1, -0.05) is 13.8 Å². The molecule has 1 fully saturated rings. The highest BCUT2D eigenvalue weighted by Gasteiger charge is 2.18. The van der Waals surface area contributed by atoms with Crippen molar-refractivity contribution in [2.24, 2.45) is 5.92 Å². The first-order valence-corrected chi connectivity index (χ1v) is 8.24. The van der Waals surface area contributed by atoms with Crippen molar-refractivity contribution in [2.45, 2.75) is 39.5 Å². The molecule has 0 saturated carbocycles. The molecule has 1 aromatic heterocycles. The van der Waals surface area contributed by atoms with Crippen LogP contribution >= 0.6 is 0 Å². The number of nitrogens with zero attached hydrogens (tertiary/aromatic N) is 3. The number of nitrogens with one attached hydrogen (secondary N) is 1. The molecule has 1 N–H and O–H groups in total. The second kappa shape index (κ2) is 8.82. The molecule has 0 radical (unpaired) electrons. The molecule has 118 valence electrons. The lowest BCUT2D eigenvalue weighted by Gasteiger charge is -2.30. The Morgan fingerprint density at radius 2 is 2.24 bits per heavy atom. The van der Waals surface area contributed by atoms with Crippen molar-refractivity contribution in [2.75, 3.05) is 37.7 Å². The van der Waals surface area contributed by atoms with Gasteiger partial charge in [-0.05, 0) is 44.7 Å². The summed E-state index contributed by atoms with van der Waals surface area (Å²) in [5, 5.41) is 3.49. The van der Waals surface area contributed by atoms with Gasteiger partial charge in [0.25, 0.3) is 0 Å². The third-order valence-electron chi connectivity index (χ3n) is 3.78. The summed E-state index contributed by atoms with van der Waals surface area (Å²) < 4.78 is 5.62. The maximum absolute atomic E-state index is 5.62. The Labute approximate surface area is 128 Å². The molecule has 1 atom stereocenters. The molecule has 1 aliphatic heterocycles. The normalized spacial score (nSPS) is 18.5. The van der Waals surface area contributed by atoms with Crippen LogP contribution in [-0.2, 0) is 0 Å². The highest BCUT2D eigenvalue weighted by atomic mass is 16.5. The molecule has 0 spiro atoms. The standard InChI is InChI=1S/C16H28N4O/c1-3-8-20(12-14-6-5-7-17-11-14)15-10-16(19-13-18-15)21-9-4-2/h10,13-14,17H,3-9,11-12H2,1-2H3. The summed E-state index contributed by atoms with van der Waals surface area (Å²) in [5.41, 5.74) is 0. The van der Waals surface area contributed by atoms with E-state index in [1.54, 1.807) is 6.33 Å². The van der Waals surface area contributed by atoms with Gasteiger partial charge in [0.15, 0.2) is 0 Å². The van der Waals surface area contributed by atoms with Gasteiger partial charge in [-0.25, -0.2) is 9.97 Å². The fourth-order valence-electron chi connectivity index (χ4n) is 2.75. The number of ether oxygens (including phenoxy) is 1. The molecule has 2 rings (SSSR count).